The Labute approximate surface area is 132 Å². The summed E-state index contributed by atoms with van der Waals surface area (Å²) in [6.07, 6.45) is 0.487. The molecule has 0 saturated carbocycles. The van der Waals surface area contributed by atoms with E-state index in [-0.39, 0.29) is 11.3 Å². The average molecular weight is 311 g/mol. The van der Waals surface area contributed by atoms with E-state index in [1.54, 1.807) is 38.1 Å². The van der Waals surface area contributed by atoms with E-state index in [0.717, 1.165) is 12.3 Å². The molecule has 1 atom stereocenters. The summed E-state index contributed by atoms with van der Waals surface area (Å²) in [5, 5.41) is 19.7. The number of aryl methyl sites for hydroxylation is 1. The largest absolute Gasteiger partial charge is 0.454 e. The smallest absolute Gasteiger partial charge is 0.340 e. The molecule has 0 N–H and O–H groups in total. The van der Waals surface area contributed by atoms with Gasteiger partial charge in [-0.2, -0.15) is 5.26 Å². The van der Waals surface area contributed by atoms with Gasteiger partial charge in [-0.3, -0.25) is 15.1 Å². The number of nitriles is 1. The van der Waals surface area contributed by atoms with Gasteiger partial charge in [-0.25, -0.2) is 4.79 Å². The summed E-state index contributed by atoms with van der Waals surface area (Å²) in [6.45, 7) is 3.23. The first kappa shape index (κ1) is 16.1. The number of nitro groups is 1. The van der Waals surface area contributed by atoms with Gasteiger partial charge in [-0.1, -0.05) is 12.1 Å². The van der Waals surface area contributed by atoms with Crippen LogP contribution in [0, 0.1) is 28.4 Å². The summed E-state index contributed by atoms with van der Waals surface area (Å²) >= 11 is 0. The molecule has 0 aliphatic rings. The Morgan fingerprint density at radius 2 is 2.17 bits per heavy atom. The van der Waals surface area contributed by atoms with E-state index in [1.165, 1.54) is 0 Å². The normalized spacial score (nSPS) is 11.3. The lowest BCUT2D eigenvalue weighted by Crippen LogP contribution is -2.12. The van der Waals surface area contributed by atoms with Gasteiger partial charge < -0.3 is 4.74 Å². The van der Waals surface area contributed by atoms with Gasteiger partial charge in [0.2, 0.25) is 0 Å². The van der Waals surface area contributed by atoms with Gasteiger partial charge in [-0.15, -0.1) is 0 Å². The first-order chi connectivity index (χ1) is 10.9. The van der Waals surface area contributed by atoms with E-state index in [4.69, 9.17) is 10.00 Å². The van der Waals surface area contributed by atoms with Crippen LogP contribution >= 0.6 is 0 Å². The predicted octanol–water partition coefficient (Wildman–Crippen LogP) is 3.09. The molecule has 0 unspecified atom stereocenters. The molecule has 7 heteroatoms. The Morgan fingerprint density at radius 3 is 2.83 bits per heavy atom. The molecule has 116 valence electrons. The van der Waals surface area contributed by atoms with Crippen molar-refractivity contribution >= 4 is 11.7 Å². The number of hydrogen-bond acceptors (Lipinski definition) is 6. The summed E-state index contributed by atoms with van der Waals surface area (Å²) in [5.74, 6) is -0.700. The summed E-state index contributed by atoms with van der Waals surface area (Å²) in [4.78, 5) is 26.2. The number of benzene rings is 1. The Balaban J connectivity index is 2.23. The highest BCUT2D eigenvalue weighted by Crippen LogP contribution is 2.22. The van der Waals surface area contributed by atoms with Gasteiger partial charge >= 0.3 is 5.97 Å². The highest BCUT2D eigenvalue weighted by Gasteiger charge is 2.20. The summed E-state index contributed by atoms with van der Waals surface area (Å²) in [5.41, 5.74) is 1.23. The van der Waals surface area contributed by atoms with Crippen LogP contribution in [0.5, 0.6) is 0 Å². The Hall–Kier alpha value is -3.27. The van der Waals surface area contributed by atoms with E-state index in [2.05, 4.69) is 4.98 Å². The van der Waals surface area contributed by atoms with E-state index >= 15 is 0 Å². The second kappa shape index (κ2) is 6.66. The monoisotopic (exact) mass is 311 g/mol. The fraction of sp³-hybridized carbons (Fsp3) is 0.188. The number of carbonyl (C=O) groups is 1. The number of carbonyl (C=O) groups excluding carboxylic acids is 1. The zero-order valence-electron chi connectivity index (χ0n) is 12.5. The molecule has 2 rings (SSSR count). The van der Waals surface area contributed by atoms with E-state index in [1.807, 2.05) is 6.07 Å². The van der Waals surface area contributed by atoms with Crippen molar-refractivity contribution in [3.8, 4) is 6.07 Å². The Bertz CT molecular complexity index is 811. The molecule has 1 aromatic carbocycles. The number of aromatic nitrogens is 1. The molecule has 0 spiro atoms. The van der Waals surface area contributed by atoms with Crippen molar-refractivity contribution in [3.63, 3.8) is 0 Å². The van der Waals surface area contributed by atoms with Crippen molar-refractivity contribution in [3.05, 3.63) is 69.0 Å². The van der Waals surface area contributed by atoms with Crippen molar-refractivity contribution in [1.82, 2.24) is 4.98 Å². The zero-order chi connectivity index (χ0) is 17.0. The van der Waals surface area contributed by atoms with Gasteiger partial charge in [-0.05, 0) is 31.5 Å². The second-order valence-electron chi connectivity index (χ2n) is 4.87. The van der Waals surface area contributed by atoms with Gasteiger partial charge in [0.1, 0.15) is 12.3 Å². The number of nitrogens with zero attached hydrogens (tertiary/aromatic N) is 3. The predicted molar refractivity (Wildman–Crippen MR) is 80.6 cm³/mol. The van der Waals surface area contributed by atoms with Crippen molar-refractivity contribution in [2.24, 2.45) is 0 Å². The molecule has 23 heavy (non-hydrogen) atoms. The third-order valence-electron chi connectivity index (χ3n) is 3.27. The highest BCUT2D eigenvalue weighted by atomic mass is 16.6. The molecule has 2 aromatic rings. The number of rotatable bonds is 4. The molecule has 0 amide bonds. The highest BCUT2D eigenvalue weighted by molar-refractivity contribution is 5.91. The quantitative estimate of drug-likeness (QED) is 0.488. The lowest BCUT2D eigenvalue weighted by molar-refractivity contribution is -0.385. The molecule has 0 radical (unpaired) electrons. The molecule has 7 nitrogen and oxygen atoms in total. The van der Waals surface area contributed by atoms with E-state index in [0.29, 0.717) is 16.8 Å². The first-order valence-electron chi connectivity index (χ1n) is 6.74. The van der Waals surface area contributed by atoms with Gasteiger partial charge in [0.05, 0.1) is 27.8 Å². The number of pyridine rings is 1. The molecule has 0 aliphatic carbocycles. The van der Waals surface area contributed by atoms with Crippen LogP contribution in [0.15, 0.2) is 36.5 Å². The Morgan fingerprint density at radius 1 is 1.43 bits per heavy atom. The van der Waals surface area contributed by atoms with Crippen molar-refractivity contribution < 1.29 is 14.5 Å². The van der Waals surface area contributed by atoms with E-state index in [9.17, 15) is 14.9 Å². The molecule has 0 fully saturated rings. The van der Waals surface area contributed by atoms with Crippen LogP contribution in [0.25, 0.3) is 0 Å². The SMILES string of the molecule is Cc1ncc([N+](=O)[O-])cc1C(=O)O[C@H](C)c1cccc(C#N)c1. The van der Waals surface area contributed by atoms with Crippen LogP contribution in [0.3, 0.4) is 0 Å². The van der Waals surface area contributed by atoms with Gasteiger partial charge in [0.25, 0.3) is 5.69 Å². The van der Waals surface area contributed by atoms with Crippen LogP contribution in [-0.4, -0.2) is 15.9 Å². The zero-order valence-corrected chi connectivity index (χ0v) is 12.5. The molecule has 1 aromatic heterocycles. The number of ether oxygens (including phenoxy) is 1. The minimum Gasteiger partial charge on any atom is -0.454 e. The first-order valence-corrected chi connectivity index (χ1v) is 6.74. The average Bonchev–Trinajstić information content (AvgIpc) is 2.54. The standard InChI is InChI=1S/C16H13N3O4/c1-10-15(7-14(9-18-10)19(21)22)16(20)23-11(2)13-5-3-4-12(6-13)8-17/h3-7,9,11H,1-2H3/t11-/m1/s1. The lowest BCUT2D eigenvalue weighted by Gasteiger charge is -2.14. The molecule has 0 bridgehead atoms. The maximum Gasteiger partial charge on any atom is 0.340 e. The third kappa shape index (κ3) is 3.68. The summed E-state index contributed by atoms with van der Waals surface area (Å²) < 4.78 is 5.33. The van der Waals surface area contributed by atoms with Crippen molar-refractivity contribution in [1.29, 1.82) is 5.26 Å². The third-order valence-corrected chi connectivity index (χ3v) is 3.27. The van der Waals surface area contributed by atoms with Gasteiger partial charge in [0, 0.05) is 6.07 Å². The summed E-state index contributed by atoms with van der Waals surface area (Å²) in [6, 6.07) is 9.85. The minimum absolute atomic E-state index is 0.0440. The van der Waals surface area contributed by atoms with Crippen LogP contribution in [-0.2, 0) is 4.74 Å². The van der Waals surface area contributed by atoms with Crippen LogP contribution in [0.1, 0.15) is 40.2 Å². The number of hydrogen-bond donors (Lipinski definition) is 0. The van der Waals surface area contributed by atoms with E-state index < -0.39 is 17.0 Å². The van der Waals surface area contributed by atoms with Crippen molar-refractivity contribution in [2.75, 3.05) is 0 Å². The molecule has 1 heterocycles. The lowest BCUT2D eigenvalue weighted by atomic mass is 10.1. The van der Waals surface area contributed by atoms with Gasteiger partial charge in [0.15, 0.2) is 0 Å². The molecular formula is C16H13N3O4. The van der Waals surface area contributed by atoms with Crippen molar-refractivity contribution in [2.45, 2.75) is 20.0 Å². The van der Waals surface area contributed by atoms with Crippen LogP contribution in [0.2, 0.25) is 0 Å². The van der Waals surface area contributed by atoms with Crippen LogP contribution < -0.4 is 0 Å². The Kier molecular flexibility index (Phi) is 4.66. The maximum absolute atomic E-state index is 12.2. The topological polar surface area (TPSA) is 106 Å². The molecule has 0 aliphatic heterocycles. The fourth-order valence-electron chi connectivity index (χ4n) is 1.98. The number of esters is 1. The molecular weight excluding hydrogens is 298 g/mol. The summed E-state index contributed by atoms with van der Waals surface area (Å²) in [7, 11) is 0. The maximum atomic E-state index is 12.2. The molecule has 0 saturated heterocycles. The van der Waals surface area contributed by atoms with Crippen LogP contribution in [0.4, 0.5) is 5.69 Å². The second-order valence-corrected chi connectivity index (χ2v) is 4.87. The fourth-order valence-corrected chi connectivity index (χ4v) is 1.98. The minimum atomic E-state index is -0.700.